The Morgan fingerprint density at radius 2 is 2.10 bits per heavy atom. The van der Waals surface area contributed by atoms with E-state index in [0.29, 0.717) is 0 Å². The van der Waals surface area contributed by atoms with Crippen molar-refractivity contribution in [1.29, 1.82) is 0 Å². The molecule has 0 aromatic heterocycles. The fourth-order valence-corrected chi connectivity index (χ4v) is 2.90. The number of nitrogen functional groups attached to an aromatic ring is 1. The molecule has 112 valence electrons. The first kappa shape index (κ1) is 16.7. The van der Waals surface area contributed by atoms with E-state index in [-0.39, 0.29) is 27.8 Å². The van der Waals surface area contributed by atoms with Crippen LogP contribution in [0.3, 0.4) is 0 Å². The molecule has 1 aromatic carbocycles. The van der Waals surface area contributed by atoms with Crippen LogP contribution in [0.5, 0.6) is 0 Å². The van der Waals surface area contributed by atoms with Gasteiger partial charge in [0.15, 0.2) is 9.84 Å². The van der Waals surface area contributed by atoms with Crippen molar-refractivity contribution in [3.8, 4) is 0 Å². The van der Waals surface area contributed by atoms with Crippen LogP contribution in [0, 0.1) is 5.82 Å². The Hall–Kier alpha value is -1.34. The zero-order chi connectivity index (χ0) is 15.5. The van der Waals surface area contributed by atoms with E-state index in [2.05, 4.69) is 5.32 Å². The van der Waals surface area contributed by atoms with Crippen LogP contribution in [0.25, 0.3) is 0 Å². The van der Waals surface area contributed by atoms with E-state index in [1.54, 1.807) is 6.92 Å². The van der Waals surface area contributed by atoms with Crippen molar-refractivity contribution >= 4 is 33.0 Å². The summed E-state index contributed by atoms with van der Waals surface area (Å²) in [6, 6.07) is 1.61. The van der Waals surface area contributed by atoms with Crippen LogP contribution in [0.4, 0.5) is 10.1 Å². The number of carbonyl (C=O) groups is 1. The summed E-state index contributed by atoms with van der Waals surface area (Å²) in [6.07, 6.45) is 0. The molecule has 0 aliphatic heterocycles. The smallest absolute Gasteiger partial charge is 0.253 e. The highest BCUT2D eigenvalue weighted by molar-refractivity contribution is 7.91. The van der Waals surface area contributed by atoms with E-state index in [9.17, 15) is 17.6 Å². The monoisotopic (exact) mass is 322 g/mol. The minimum absolute atomic E-state index is 0.0128. The molecule has 0 aliphatic rings. The van der Waals surface area contributed by atoms with Crippen LogP contribution in [-0.4, -0.2) is 31.9 Å². The number of rotatable bonds is 5. The average Bonchev–Trinajstić information content (AvgIpc) is 2.32. The molecular formula is C12H16ClFN2O3S. The molecule has 1 aromatic rings. The van der Waals surface area contributed by atoms with Crippen LogP contribution in [0.1, 0.15) is 24.2 Å². The quantitative estimate of drug-likeness (QED) is 0.806. The molecule has 0 heterocycles. The molecule has 0 aliphatic carbocycles. The number of benzene rings is 1. The molecule has 0 saturated carbocycles. The molecule has 0 fully saturated rings. The fourth-order valence-electron chi connectivity index (χ4n) is 1.61. The van der Waals surface area contributed by atoms with Gasteiger partial charge in [0.1, 0.15) is 5.82 Å². The Morgan fingerprint density at radius 1 is 1.50 bits per heavy atom. The highest BCUT2D eigenvalue weighted by atomic mass is 35.5. The van der Waals surface area contributed by atoms with Crippen molar-refractivity contribution in [2.75, 3.05) is 17.2 Å². The van der Waals surface area contributed by atoms with Gasteiger partial charge in [-0.3, -0.25) is 4.79 Å². The summed E-state index contributed by atoms with van der Waals surface area (Å²) in [5.41, 5.74) is 5.03. The third kappa shape index (κ3) is 4.35. The minimum atomic E-state index is -3.22. The zero-order valence-electron chi connectivity index (χ0n) is 11.1. The molecule has 0 radical (unpaired) electrons. The van der Waals surface area contributed by atoms with Gasteiger partial charge in [0.25, 0.3) is 5.91 Å². The lowest BCUT2D eigenvalue weighted by Gasteiger charge is -2.15. The zero-order valence-corrected chi connectivity index (χ0v) is 12.7. The lowest BCUT2D eigenvalue weighted by Crippen LogP contribution is -2.38. The van der Waals surface area contributed by atoms with Crippen LogP contribution in [0.15, 0.2) is 12.1 Å². The Labute approximate surface area is 122 Å². The number of carbonyl (C=O) groups excluding carboxylic acids is 1. The van der Waals surface area contributed by atoms with Crippen LogP contribution in [-0.2, 0) is 9.84 Å². The number of hydrogen-bond acceptors (Lipinski definition) is 4. The summed E-state index contributed by atoms with van der Waals surface area (Å²) in [7, 11) is -3.22. The van der Waals surface area contributed by atoms with Crippen molar-refractivity contribution < 1.29 is 17.6 Å². The van der Waals surface area contributed by atoms with E-state index >= 15 is 0 Å². The second-order valence-corrected chi connectivity index (χ2v) is 7.26. The Bertz CT molecular complexity index is 619. The number of anilines is 1. The van der Waals surface area contributed by atoms with Gasteiger partial charge in [0.05, 0.1) is 17.0 Å². The van der Waals surface area contributed by atoms with Crippen LogP contribution in [0.2, 0.25) is 5.02 Å². The van der Waals surface area contributed by atoms with Gasteiger partial charge in [0, 0.05) is 16.8 Å². The molecule has 0 bridgehead atoms. The second kappa shape index (κ2) is 6.41. The molecule has 0 unspecified atom stereocenters. The Kier molecular flexibility index (Phi) is 5.35. The van der Waals surface area contributed by atoms with Gasteiger partial charge >= 0.3 is 0 Å². The normalized spacial score (nSPS) is 13.0. The van der Waals surface area contributed by atoms with Gasteiger partial charge in [-0.15, -0.1) is 0 Å². The summed E-state index contributed by atoms with van der Waals surface area (Å²) >= 11 is 5.66. The third-order valence-corrected chi connectivity index (χ3v) is 4.77. The van der Waals surface area contributed by atoms with Gasteiger partial charge in [-0.2, -0.15) is 0 Å². The molecule has 1 atom stereocenters. The average molecular weight is 323 g/mol. The third-order valence-electron chi connectivity index (χ3n) is 2.66. The van der Waals surface area contributed by atoms with Crippen LogP contribution < -0.4 is 11.1 Å². The second-order valence-electron chi connectivity index (χ2n) is 4.42. The standard InChI is InChI=1S/C12H16ClFN2O3S/c1-3-20(18,19)6-7(2)16-12(17)9-4-8(13)5-10(14)11(9)15/h4-5,7H,3,6,15H2,1-2H3,(H,16,17)/t7-/m1/s1. The number of nitrogens with one attached hydrogen (secondary N) is 1. The molecular weight excluding hydrogens is 307 g/mol. The van der Waals surface area contributed by atoms with Gasteiger partial charge < -0.3 is 11.1 Å². The van der Waals surface area contributed by atoms with Crippen molar-refractivity contribution in [2.24, 2.45) is 0 Å². The topological polar surface area (TPSA) is 89.3 Å². The predicted molar refractivity (Wildman–Crippen MR) is 77.1 cm³/mol. The lowest BCUT2D eigenvalue weighted by atomic mass is 10.1. The number of nitrogens with two attached hydrogens (primary N) is 1. The summed E-state index contributed by atoms with van der Waals surface area (Å²) in [4.78, 5) is 11.9. The van der Waals surface area contributed by atoms with E-state index in [0.717, 1.165) is 6.07 Å². The predicted octanol–water partition coefficient (Wildman–Crippen LogP) is 1.61. The summed E-state index contributed by atoms with van der Waals surface area (Å²) < 4.78 is 36.3. The number of amides is 1. The molecule has 3 N–H and O–H groups in total. The van der Waals surface area contributed by atoms with E-state index < -0.39 is 27.6 Å². The molecule has 0 saturated heterocycles. The molecule has 1 amide bonds. The van der Waals surface area contributed by atoms with Gasteiger partial charge in [-0.1, -0.05) is 18.5 Å². The van der Waals surface area contributed by atoms with E-state index in [1.807, 2.05) is 0 Å². The first-order valence-electron chi connectivity index (χ1n) is 5.92. The summed E-state index contributed by atoms with van der Waals surface area (Å²) in [6.45, 7) is 3.07. The maximum absolute atomic E-state index is 13.4. The summed E-state index contributed by atoms with van der Waals surface area (Å²) in [5.74, 6) is -1.67. The first-order chi connectivity index (χ1) is 9.16. The Morgan fingerprint density at radius 3 is 2.65 bits per heavy atom. The van der Waals surface area contributed by atoms with Crippen molar-refractivity contribution in [1.82, 2.24) is 5.32 Å². The highest BCUT2D eigenvalue weighted by Gasteiger charge is 2.19. The van der Waals surface area contributed by atoms with E-state index in [1.165, 1.54) is 13.0 Å². The van der Waals surface area contributed by atoms with Crippen molar-refractivity contribution in [3.05, 3.63) is 28.5 Å². The number of halogens is 2. The van der Waals surface area contributed by atoms with Gasteiger partial charge in [0.2, 0.25) is 0 Å². The Balaban J connectivity index is 2.87. The lowest BCUT2D eigenvalue weighted by molar-refractivity contribution is 0.0944. The van der Waals surface area contributed by atoms with E-state index in [4.69, 9.17) is 17.3 Å². The SMILES string of the molecule is CCS(=O)(=O)C[C@@H](C)NC(=O)c1cc(Cl)cc(F)c1N. The number of sulfone groups is 1. The molecule has 20 heavy (non-hydrogen) atoms. The minimum Gasteiger partial charge on any atom is -0.396 e. The molecule has 1 rings (SSSR count). The fraction of sp³-hybridized carbons (Fsp3) is 0.417. The maximum atomic E-state index is 13.4. The largest absolute Gasteiger partial charge is 0.396 e. The maximum Gasteiger partial charge on any atom is 0.253 e. The molecule has 0 spiro atoms. The number of hydrogen-bond donors (Lipinski definition) is 2. The van der Waals surface area contributed by atoms with Gasteiger partial charge in [-0.25, -0.2) is 12.8 Å². The van der Waals surface area contributed by atoms with Gasteiger partial charge in [-0.05, 0) is 19.1 Å². The van der Waals surface area contributed by atoms with Crippen molar-refractivity contribution in [2.45, 2.75) is 19.9 Å². The molecule has 5 nitrogen and oxygen atoms in total. The molecule has 8 heteroatoms. The van der Waals surface area contributed by atoms with Crippen molar-refractivity contribution in [3.63, 3.8) is 0 Å². The first-order valence-corrected chi connectivity index (χ1v) is 8.12. The highest BCUT2D eigenvalue weighted by Crippen LogP contribution is 2.22. The summed E-state index contributed by atoms with van der Waals surface area (Å²) in [5, 5.41) is 2.50. The van der Waals surface area contributed by atoms with Crippen LogP contribution >= 0.6 is 11.6 Å².